The highest BCUT2D eigenvalue weighted by Gasteiger charge is 2.28. The predicted molar refractivity (Wildman–Crippen MR) is 48.6 cm³/mol. The fourth-order valence-electron chi connectivity index (χ4n) is 1.08. The van der Waals surface area contributed by atoms with Crippen LogP contribution >= 0.6 is 0 Å². The zero-order valence-corrected chi connectivity index (χ0v) is 8.47. The third kappa shape index (κ3) is 4.48. The van der Waals surface area contributed by atoms with Gasteiger partial charge in [-0.3, -0.25) is 4.74 Å². The molecule has 0 amide bonds. The summed E-state index contributed by atoms with van der Waals surface area (Å²) in [5.41, 5.74) is 0.520. The summed E-state index contributed by atoms with van der Waals surface area (Å²) < 4.78 is 55.9. The predicted octanol–water partition coefficient (Wildman–Crippen LogP) is 3.05. The number of benzene rings is 1. The second kappa shape index (κ2) is 5.16. The summed E-state index contributed by atoms with van der Waals surface area (Å²) >= 11 is 0. The Morgan fingerprint density at radius 1 is 1.19 bits per heavy atom. The van der Waals surface area contributed by atoms with E-state index in [4.69, 9.17) is 4.74 Å². The topological polar surface area (TPSA) is 18.5 Å². The molecule has 1 rings (SSSR count). The van der Waals surface area contributed by atoms with Crippen LogP contribution in [0.3, 0.4) is 0 Å². The molecule has 0 radical (unpaired) electrons. The van der Waals surface area contributed by atoms with Crippen molar-refractivity contribution in [2.24, 2.45) is 0 Å². The van der Waals surface area contributed by atoms with E-state index >= 15 is 0 Å². The standard InChI is InChI=1S/C10H10F4O2/c1-7-6-8(11)2-3-9(7)15-4-5-16-10(12,13)14/h2-3,6H,4-5H2,1H3. The Kier molecular flexibility index (Phi) is 4.12. The average Bonchev–Trinajstić information content (AvgIpc) is 2.13. The van der Waals surface area contributed by atoms with Gasteiger partial charge in [-0.25, -0.2) is 4.39 Å². The molecule has 90 valence electrons. The lowest BCUT2D eigenvalue weighted by Crippen LogP contribution is -2.18. The molecule has 16 heavy (non-hydrogen) atoms. The molecule has 0 aromatic heterocycles. The number of rotatable bonds is 4. The maximum Gasteiger partial charge on any atom is 0.522 e. The van der Waals surface area contributed by atoms with Crippen LogP contribution in [0.2, 0.25) is 0 Å². The van der Waals surface area contributed by atoms with Gasteiger partial charge in [-0.1, -0.05) is 0 Å². The van der Waals surface area contributed by atoms with Gasteiger partial charge in [0.25, 0.3) is 0 Å². The van der Waals surface area contributed by atoms with E-state index in [0.29, 0.717) is 11.3 Å². The van der Waals surface area contributed by atoms with E-state index in [0.717, 1.165) is 0 Å². The third-order valence-electron chi connectivity index (χ3n) is 1.74. The molecule has 0 saturated heterocycles. The number of aryl methyl sites for hydroxylation is 1. The highest BCUT2D eigenvalue weighted by molar-refractivity contribution is 5.32. The van der Waals surface area contributed by atoms with Crippen LogP contribution in [0.5, 0.6) is 5.75 Å². The summed E-state index contributed by atoms with van der Waals surface area (Å²) in [6.07, 6.45) is -4.65. The fraction of sp³-hybridized carbons (Fsp3) is 0.400. The molecule has 0 spiro atoms. The van der Waals surface area contributed by atoms with E-state index in [9.17, 15) is 17.6 Å². The molecule has 0 aliphatic heterocycles. The lowest BCUT2D eigenvalue weighted by molar-refractivity contribution is -0.325. The van der Waals surface area contributed by atoms with Gasteiger partial charge >= 0.3 is 6.36 Å². The molecule has 0 aliphatic rings. The van der Waals surface area contributed by atoms with E-state index in [-0.39, 0.29) is 6.61 Å². The first-order chi connectivity index (χ1) is 7.38. The van der Waals surface area contributed by atoms with Crippen LogP contribution in [0.4, 0.5) is 17.6 Å². The van der Waals surface area contributed by atoms with Gasteiger partial charge in [0.2, 0.25) is 0 Å². The SMILES string of the molecule is Cc1cc(F)ccc1OCCOC(F)(F)F. The van der Waals surface area contributed by atoms with E-state index in [1.54, 1.807) is 6.92 Å². The van der Waals surface area contributed by atoms with Crippen molar-refractivity contribution in [1.82, 2.24) is 0 Å². The monoisotopic (exact) mass is 238 g/mol. The normalized spacial score (nSPS) is 11.6. The Labute approximate surface area is 89.8 Å². The fourth-order valence-corrected chi connectivity index (χ4v) is 1.08. The van der Waals surface area contributed by atoms with Crippen molar-refractivity contribution in [2.45, 2.75) is 13.3 Å². The largest absolute Gasteiger partial charge is 0.522 e. The quantitative estimate of drug-likeness (QED) is 0.593. The lowest BCUT2D eigenvalue weighted by Gasteiger charge is -2.10. The Bertz CT molecular complexity index is 349. The summed E-state index contributed by atoms with van der Waals surface area (Å²) in [6.45, 7) is 0.759. The minimum atomic E-state index is -4.65. The number of hydrogen-bond acceptors (Lipinski definition) is 2. The zero-order valence-electron chi connectivity index (χ0n) is 8.47. The molecular weight excluding hydrogens is 228 g/mol. The third-order valence-corrected chi connectivity index (χ3v) is 1.74. The Morgan fingerprint density at radius 3 is 2.44 bits per heavy atom. The van der Waals surface area contributed by atoms with Crippen molar-refractivity contribution in [3.8, 4) is 5.75 Å². The molecule has 0 N–H and O–H groups in total. The molecule has 0 saturated carbocycles. The summed E-state index contributed by atoms with van der Waals surface area (Å²) in [5, 5.41) is 0. The van der Waals surface area contributed by atoms with Gasteiger partial charge in [0, 0.05) is 0 Å². The first kappa shape index (κ1) is 12.8. The van der Waals surface area contributed by atoms with E-state index in [2.05, 4.69) is 4.74 Å². The molecule has 0 unspecified atom stereocenters. The summed E-state index contributed by atoms with van der Waals surface area (Å²) in [5.74, 6) is -0.0800. The number of alkyl halides is 3. The second-order valence-corrected chi connectivity index (χ2v) is 3.05. The van der Waals surface area contributed by atoms with Crippen molar-refractivity contribution in [1.29, 1.82) is 0 Å². The zero-order chi connectivity index (χ0) is 12.2. The Hall–Kier alpha value is -1.30. The van der Waals surface area contributed by atoms with Gasteiger partial charge in [-0.15, -0.1) is 13.2 Å². The van der Waals surface area contributed by atoms with Crippen molar-refractivity contribution in [2.75, 3.05) is 13.2 Å². The van der Waals surface area contributed by atoms with Gasteiger partial charge in [-0.05, 0) is 30.7 Å². The van der Waals surface area contributed by atoms with Gasteiger partial charge in [-0.2, -0.15) is 0 Å². The Balaban J connectivity index is 2.38. The van der Waals surface area contributed by atoms with E-state index in [1.807, 2.05) is 0 Å². The van der Waals surface area contributed by atoms with Crippen LogP contribution < -0.4 is 4.74 Å². The number of ether oxygens (including phenoxy) is 2. The van der Waals surface area contributed by atoms with Crippen LogP contribution in [0.15, 0.2) is 18.2 Å². The Morgan fingerprint density at radius 2 is 1.88 bits per heavy atom. The highest BCUT2D eigenvalue weighted by atomic mass is 19.4. The van der Waals surface area contributed by atoms with Crippen LogP contribution in [0.25, 0.3) is 0 Å². The van der Waals surface area contributed by atoms with E-state index < -0.39 is 18.8 Å². The van der Waals surface area contributed by atoms with Crippen molar-refractivity contribution in [3.05, 3.63) is 29.6 Å². The van der Waals surface area contributed by atoms with Crippen molar-refractivity contribution >= 4 is 0 Å². The average molecular weight is 238 g/mol. The minimum Gasteiger partial charge on any atom is -0.491 e. The summed E-state index contributed by atoms with van der Waals surface area (Å²) in [7, 11) is 0. The maximum atomic E-state index is 12.7. The van der Waals surface area contributed by atoms with Crippen molar-refractivity contribution < 1.29 is 27.0 Å². The molecule has 1 aromatic rings. The summed E-state index contributed by atoms with van der Waals surface area (Å²) in [4.78, 5) is 0. The van der Waals surface area contributed by atoms with Gasteiger partial charge in [0.05, 0.1) is 6.61 Å². The smallest absolute Gasteiger partial charge is 0.491 e. The molecule has 0 aliphatic carbocycles. The van der Waals surface area contributed by atoms with Crippen LogP contribution in [0, 0.1) is 12.7 Å². The van der Waals surface area contributed by atoms with Crippen LogP contribution in [0.1, 0.15) is 5.56 Å². The molecular formula is C10H10F4O2. The molecule has 0 fully saturated rings. The molecule has 1 aromatic carbocycles. The molecule has 0 bridgehead atoms. The second-order valence-electron chi connectivity index (χ2n) is 3.05. The van der Waals surface area contributed by atoms with Gasteiger partial charge in [0.1, 0.15) is 18.2 Å². The maximum absolute atomic E-state index is 12.7. The van der Waals surface area contributed by atoms with E-state index in [1.165, 1.54) is 18.2 Å². The van der Waals surface area contributed by atoms with Crippen LogP contribution in [-0.4, -0.2) is 19.6 Å². The van der Waals surface area contributed by atoms with Gasteiger partial charge < -0.3 is 4.74 Å². The first-order valence-electron chi connectivity index (χ1n) is 4.48. The molecule has 0 atom stereocenters. The van der Waals surface area contributed by atoms with Crippen LogP contribution in [-0.2, 0) is 4.74 Å². The highest BCUT2D eigenvalue weighted by Crippen LogP contribution is 2.19. The molecule has 2 nitrogen and oxygen atoms in total. The summed E-state index contributed by atoms with van der Waals surface area (Å²) in [6, 6.07) is 3.77. The lowest BCUT2D eigenvalue weighted by atomic mass is 10.2. The molecule has 6 heteroatoms. The first-order valence-corrected chi connectivity index (χ1v) is 4.48. The number of hydrogen-bond donors (Lipinski definition) is 0. The molecule has 0 heterocycles. The van der Waals surface area contributed by atoms with Gasteiger partial charge in [0.15, 0.2) is 0 Å². The minimum absolute atomic E-state index is 0.244. The van der Waals surface area contributed by atoms with Crippen molar-refractivity contribution in [3.63, 3.8) is 0 Å². The number of halogens is 4.